The molecule has 0 aromatic heterocycles. The highest BCUT2D eigenvalue weighted by Crippen LogP contribution is 2.36. The number of benzene rings is 2. The first-order valence-corrected chi connectivity index (χ1v) is 10.8. The molecule has 0 radical (unpaired) electrons. The van der Waals surface area contributed by atoms with E-state index in [1.54, 1.807) is 17.0 Å². The van der Waals surface area contributed by atoms with Crippen LogP contribution < -0.4 is 9.80 Å². The Hall–Kier alpha value is -2.68. The summed E-state index contributed by atoms with van der Waals surface area (Å²) in [5, 5.41) is 11.6. The Morgan fingerprint density at radius 3 is 2.23 bits per heavy atom. The van der Waals surface area contributed by atoms with Crippen LogP contribution >= 0.6 is 15.9 Å². The van der Waals surface area contributed by atoms with E-state index in [4.69, 9.17) is 0 Å². The molecule has 0 unspecified atom stereocenters. The maximum atomic E-state index is 14.6. The van der Waals surface area contributed by atoms with E-state index in [0.717, 1.165) is 36.5 Å². The molecule has 0 bridgehead atoms. The zero-order valence-electron chi connectivity index (χ0n) is 16.4. The summed E-state index contributed by atoms with van der Waals surface area (Å²) in [6.45, 7) is 3.27. The Morgan fingerprint density at radius 2 is 1.60 bits per heavy atom. The minimum atomic E-state index is -0.560. The van der Waals surface area contributed by atoms with Crippen molar-refractivity contribution in [3.05, 3.63) is 62.4 Å². The van der Waals surface area contributed by atoms with Gasteiger partial charge in [0.15, 0.2) is 5.82 Å². The predicted molar refractivity (Wildman–Crippen MR) is 117 cm³/mol. The van der Waals surface area contributed by atoms with Gasteiger partial charge in [0.1, 0.15) is 5.69 Å². The van der Waals surface area contributed by atoms with Gasteiger partial charge in [-0.15, -0.1) is 0 Å². The smallest absolute Gasteiger partial charge is 0.295 e. The van der Waals surface area contributed by atoms with Crippen molar-refractivity contribution in [2.24, 2.45) is 0 Å². The average Bonchev–Trinajstić information content (AvgIpc) is 3.28. The summed E-state index contributed by atoms with van der Waals surface area (Å²) in [6, 6.07) is 9.89. The fourth-order valence-electron chi connectivity index (χ4n) is 4.10. The van der Waals surface area contributed by atoms with Crippen molar-refractivity contribution in [2.75, 3.05) is 49.1 Å². The summed E-state index contributed by atoms with van der Waals surface area (Å²) in [7, 11) is 0. The number of carbonyl (C=O) groups is 1. The summed E-state index contributed by atoms with van der Waals surface area (Å²) in [6.07, 6.45) is 1.98. The largest absolute Gasteiger partial charge is 0.369 e. The van der Waals surface area contributed by atoms with Crippen LogP contribution in [0, 0.1) is 15.9 Å². The van der Waals surface area contributed by atoms with Crippen LogP contribution in [-0.2, 0) is 0 Å². The molecule has 0 aliphatic carbocycles. The molecule has 0 atom stereocenters. The quantitative estimate of drug-likeness (QED) is 0.491. The molecular formula is C21H22BrFN4O3. The van der Waals surface area contributed by atoms with Crippen LogP contribution in [0.15, 0.2) is 40.9 Å². The lowest BCUT2D eigenvalue weighted by Gasteiger charge is -2.36. The van der Waals surface area contributed by atoms with E-state index in [2.05, 4.69) is 15.9 Å². The van der Waals surface area contributed by atoms with Gasteiger partial charge in [-0.05, 0) is 47.0 Å². The van der Waals surface area contributed by atoms with Gasteiger partial charge in [-0.2, -0.15) is 0 Å². The molecule has 0 spiro atoms. The highest BCUT2D eigenvalue weighted by atomic mass is 79.9. The molecule has 7 nitrogen and oxygen atoms in total. The molecule has 2 aliphatic rings. The summed E-state index contributed by atoms with van der Waals surface area (Å²) in [5.74, 6) is -0.636. The van der Waals surface area contributed by atoms with Gasteiger partial charge in [0, 0.05) is 43.7 Å². The molecule has 30 heavy (non-hydrogen) atoms. The van der Waals surface area contributed by atoms with Crippen molar-refractivity contribution >= 4 is 38.9 Å². The second-order valence-electron chi connectivity index (χ2n) is 7.50. The number of nitrogens with zero attached hydrogens (tertiary/aromatic N) is 4. The van der Waals surface area contributed by atoms with E-state index in [1.165, 1.54) is 0 Å². The van der Waals surface area contributed by atoms with Crippen molar-refractivity contribution in [3.63, 3.8) is 0 Å². The van der Waals surface area contributed by atoms with Crippen LogP contribution in [0.4, 0.5) is 21.5 Å². The maximum absolute atomic E-state index is 14.6. The van der Waals surface area contributed by atoms with Gasteiger partial charge in [-0.1, -0.05) is 12.1 Å². The van der Waals surface area contributed by atoms with E-state index in [1.807, 2.05) is 28.0 Å². The number of amides is 1. The highest BCUT2D eigenvalue weighted by molar-refractivity contribution is 9.10. The third-order valence-electron chi connectivity index (χ3n) is 5.70. The second kappa shape index (κ2) is 8.59. The van der Waals surface area contributed by atoms with Crippen LogP contribution in [0.2, 0.25) is 0 Å². The molecule has 2 saturated heterocycles. The molecule has 0 N–H and O–H groups in total. The van der Waals surface area contributed by atoms with Crippen molar-refractivity contribution in [1.82, 2.24) is 4.90 Å². The van der Waals surface area contributed by atoms with Crippen LogP contribution in [0.5, 0.6) is 0 Å². The van der Waals surface area contributed by atoms with Crippen LogP contribution in [0.25, 0.3) is 0 Å². The summed E-state index contributed by atoms with van der Waals surface area (Å²) >= 11 is 3.41. The van der Waals surface area contributed by atoms with Gasteiger partial charge < -0.3 is 14.7 Å². The van der Waals surface area contributed by atoms with Gasteiger partial charge in [0.25, 0.3) is 11.6 Å². The van der Waals surface area contributed by atoms with E-state index in [0.29, 0.717) is 43.1 Å². The number of hydrogen-bond donors (Lipinski definition) is 0. The van der Waals surface area contributed by atoms with Gasteiger partial charge in [-0.3, -0.25) is 14.9 Å². The lowest BCUT2D eigenvalue weighted by atomic mass is 10.1. The average molecular weight is 477 g/mol. The first-order chi connectivity index (χ1) is 14.5. The molecule has 0 saturated carbocycles. The van der Waals surface area contributed by atoms with Crippen LogP contribution in [0.3, 0.4) is 0 Å². The molecule has 2 aliphatic heterocycles. The number of rotatable bonds is 4. The van der Waals surface area contributed by atoms with E-state index < -0.39 is 10.7 Å². The fourth-order valence-corrected chi connectivity index (χ4v) is 4.55. The summed E-state index contributed by atoms with van der Waals surface area (Å²) < 4.78 is 15.3. The normalized spacial score (nSPS) is 16.8. The van der Waals surface area contributed by atoms with Gasteiger partial charge in [0.2, 0.25) is 0 Å². The Labute approximate surface area is 182 Å². The van der Waals surface area contributed by atoms with E-state index >= 15 is 0 Å². The lowest BCUT2D eigenvalue weighted by molar-refractivity contribution is -0.384. The van der Waals surface area contributed by atoms with Crippen molar-refractivity contribution in [3.8, 4) is 0 Å². The Kier molecular flexibility index (Phi) is 5.90. The monoisotopic (exact) mass is 476 g/mol. The molecule has 2 heterocycles. The molecule has 4 rings (SSSR count). The van der Waals surface area contributed by atoms with Crippen molar-refractivity contribution in [1.29, 1.82) is 0 Å². The second-order valence-corrected chi connectivity index (χ2v) is 8.36. The molecule has 158 valence electrons. The SMILES string of the molecule is O=C(c1ccccc1Br)N1CCN(c2cc(N3CCCC3)c(F)cc2[N+](=O)[O-])CC1. The first-order valence-electron chi connectivity index (χ1n) is 9.97. The number of carbonyl (C=O) groups excluding carboxylic acids is 1. The van der Waals surface area contributed by atoms with E-state index in [-0.39, 0.29) is 11.6 Å². The number of nitro groups is 1. The summed E-state index contributed by atoms with van der Waals surface area (Å²) in [4.78, 5) is 29.4. The van der Waals surface area contributed by atoms with Crippen molar-refractivity contribution < 1.29 is 14.1 Å². The molecular weight excluding hydrogens is 455 g/mol. The van der Waals surface area contributed by atoms with Crippen LogP contribution in [-0.4, -0.2) is 55.0 Å². The fraction of sp³-hybridized carbons (Fsp3) is 0.381. The standard InChI is InChI=1S/C21H22BrFN4O3/c22-16-6-2-1-5-15(16)21(28)26-11-9-25(10-12-26)19-14-18(24-7-3-4-8-24)17(23)13-20(19)27(29)30/h1-2,5-6,13-14H,3-4,7-12H2. The Morgan fingerprint density at radius 1 is 0.967 bits per heavy atom. The Bertz CT molecular complexity index is 973. The molecule has 2 aromatic rings. The minimum Gasteiger partial charge on any atom is -0.369 e. The topological polar surface area (TPSA) is 69.9 Å². The molecule has 2 aromatic carbocycles. The van der Waals surface area contributed by atoms with Crippen molar-refractivity contribution in [2.45, 2.75) is 12.8 Å². The van der Waals surface area contributed by atoms with Gasteiger partial charge >= 0.3 is 0 Å². The highest BCUT2D eigenvalue weighted by Gasteiger charge is 2.29. The molecule has 9 heteroatoms. The number of nitro benzene ring substituents is 1. The van der Waals surface area contributed by atoms with Crippen LogP contribution in [0.1, 0.15) is 23.2 Å². The third kappa shape index (κ3) is 3.98. The zero-order chi connectivity index (χ0) is 21.3. The summed E-state index contributed by atoms with van der Waals surface area (Å²) in [5.41, 5.74) is 1.19. The lowest BCUT2D eigenvalue weighted by Crippen LogP contribution is -2.49. The number of hydrogen-bond acceptors (Lipinski definition) is 5. The molecule has 2 fully saturated rings. The zero-order valence-corrected chi connectivity index (χ0v) is 18.0. The first kappa shape index (κ1) is 20.6. The number of piperazine rings is 1. The number of halogens is 2. The Balaban J connectivity index is 1.55. The minimum absolute atomic E-state index is 0.0755. The van der Waals surface area contributed by atoms with Gasteiger partial charge in [-0.25, -0.2) is 4.39 Å². The maximum Gasteiger partial charge on any atom is 0.295 e. The van der Waals surface area contributed by atoms with Gasteiger partial charge in [0.05, 0.1) is 22.2 Å². The van der Waals surface area contributed by atoms with E-state index in [9.17, 15) is 19.3 Å². The molecule has 1 amide bonds. The number of anilines is 2. The third-order valence-corrected chi connectivity index (χ3v) is 6.39. The predicted octanol–water partition coefficient (Wildman–Crippen LogP) is 4.06.